The maximum Gasteiger partial charge on any atom is 0.227 e. The molecule has 0 unspecified atom stereocenters. The highest BCUT2D eigenvalue weighted by Crippen LogP contribution is 2.44. The Kier molecular flexibility index (Phi) is 6.51. The van der Waals surface area contributed by atoms with Crippen molar-refractivity contribution in [2.75, 3.05) is 50.6 Å². The minimum absolute atomic E-state index is 0.0880. The highest BCUT2D eigenvalue weighted by atomic mass is 35.5. The van der Waals surface area contributed by atoms with Gasteiger partial charge in [-0.2, -0.15) is 0 Å². The van der Waals surface area contributed by atoms with Gasteiger partial charge < -0.3 is 24.6 Å². The Morgan fingerprint density at radius 2 is 1.78 bits per heavy atom. The van der Waals surface area contributed by atoms with E-state index in [-0.39, 0.29) is 5.91 Å². The number of hydrogen-bond donors (Lipinski definition) is 1. The van der Waals surface area contributed by atoms with Crippen LogP contribution in [-0.2, 0) is 4.79 Å². The molecule has 0 radical (unpaired) electrons. The van der Waals surface area contributed by atoms with Gasteiger partial charge >= 0.3 is 0 Å². The first-order chi connectivity index (χ1) is 17.5. The number of anilines is 3. The third-order valence-corrected chi connectivity index (χ3v) is 6.49. The van der Waals surface area contributed by atoms with Gasteiger partial charge in [-0.15, -0.1) is 0 Å². The molecule has 1 aliphatic rings. The molecule has 5 rings (SSSR count). The fraction of sp³-hybridized carbons (Fsp3) is 0.280. The molecule has 1 saturated heterocycles. The molecule has 36 heavy (non-hydrogen) atoms. The van der Waals surface area contributed by atoms with E-state index in [1.54, 1.807) is 33.5 Å². The number of nitrogens with zero attached hydrogens (tertiary/aromatic N) is 6. The molecule has 4 heterocycles. The molecule has 0 bridgehead atoms. The fourth-order valence-electron chi connectivity index (χ4n) is 4.40. The molecule has 4 aromatic rings. The number of amides is 1. The number of pyridine rings is 1. The Morgan fingerprint density at radius 1 is 1.00 bits per heavy atom. The number of rotatable bonds is 6. The zero-order valence-corrected chi connectivity index (χ0v) is 21.0. The molecule has 1 amide bonds. The summed E-state index contributed by atoms with van der Waals surface area (Å²) in [5.74, 6) is 1.56. The highest BCUT2D eigenvalue weighted by molar-refractivity contribution is 6.32. The van der Waals surface area contributed by atoms with Crippen molar-refractivity contribution in [2.45, 2.75) is 6.92 Å². The van der Waals surface area contributed by atoms with Crippen LogP contribution in [0, 0.1) is 0 Å². The number of imidazole rings is 1. The van der Waals surface area contributed by atoms with Crippen molar-refractivity contribution in [2.24, 2.45) is 0 Å². The van der Waals surface area contributed by atoms with E-state index in [1.807, 2.05) is 45.8 Å². The van der Waals surface area contributed by atoms with Gasteiger partial charge in [0.05, 0.1) is 48.7 Å². The van der Waals surface area contributed by atoms with E-state index >= 15 is 0 Å². The number of benzene rings is 1. The number of nitrogens with one attached hydrogen (secondary N) is 1. The largest absolute Gasteiger partial charge is 0.491 e. The van der Waals surface area contributed by atoms with Gasteiger partial charge in [-0.1, -0.05) is 17.7 Å². The molecule has 186 valence electrons. The second kappa shape index (κ2) is 9.90. The number of fused-ring (bicyclic) bond motifs is 1. The molecule has 3 aromatic heterocycles. The van der Waals surface area contributed by atoms with Crippen LogP contribution in [0.5, 0.6) is 11.5 Å². The summed E-state index contributed by atoms with van der Waals surface area (Å²) in [6.45, 7) is 4.32. The van der Waals surface area contributed by atoms with Crippen molar-refractivity contribution in [3.05, 3.63) is 53.9 Å². The minimum atomic E-state index is 0.0880. The molecule has 0 aliphatic carbocycles. The topological polar surface area (TPSA) is 97.1 Å². The van der Waals surface area contributed by atoms with Crippen molar-refractivity contribution in [3.8, 4) is 22.9 Å². The van der Waals surface area contributed by atoms with E-state index in [2.05, 4.69) is 25.2 Å². The minimum Gasteiger partial charge on any atom is -0.491 e. The van der Waals surface area contributed by atoms with Gasteiger partial charge in [-0.05, 0) is 24.3 Å². The quantitative estimate of drug-likeness (QED) is 0.420. The highest BCUT2D eigenvalue weighted by Gasteiger charge is 2.25. The van der Waals surface area contributed by atoms with Gasteiger partial charge in [0, 0.05) is 39.3 Å². The van der Waals surface area contributed by atoms with Crippen LogP contribution in [0.25, 0.3) is 17.0 Å². The molecule has 1 N–H and O–H groups in total. The van der Waals surface area contributed by atoms with E-state index < -0.39 is 0 Å². The van der Waals surface area contributed by atoms with Crippen LogP contribution in [0.2, 0.25) is 5.02 Å². The summed E-state index contributed by atoms with van der Waals surface area (Å²) in [6, 6.07) is 9.63. The summed E-state index contributed by atoms with van der Waals surface area (Å²) >= 11 is 6.47. The molecule has 10 nitrogen and oxygen atoms in total. The second-order valence-electron chi connectivity index (χ2n) is 8.28. The maximum atomic E-state index is 11.7. The summed E-state index contributed by atoms with van der Waals surface area (Å²) in [5.41, 5.74) is 3.64. The molecular weight excluding hydrogens is 482 g/mol. The first kappa shape index (κ1) is 23.7. The van der Waals surface area contributed by atoms with Crippen molar-refractivity contribution in [1.82, 2.24) is 24.3 Å². The molecule has 1 fully saturated rings. The number of ether oxygens (including phenoxy) is 2. The Balaban J connectivity index is 1.46. The van der Waals surface area contributed by atoms with Crippen molar-refractivity contribution < 1.29 is 14.3 Å². The van der Waals surface area contributed by atoms with Crippen LogP contribution < -0.4 is 19.7 Å². The Morgan fingerprint density at radius 3 is 2.50 bits per heavy atom. The summed E-state index contributed by atoms with van der Waals surface area (Å²) in [5, 5.41) is 3.65. The van der Waals surface area contributed by atoms with Crippen LogP contribution >= 0.6 is 11.6 Å². The fourth-order valence-corrected chi connectivity index (χ4v) is 4.58. The predicted octanol–water partition coefficient (Wildman–Crippen LogP) is 3.87. The number of piperazine rings is 1. The predicted molar refractivity (Wildman–Crippen MR) is 139 cm³/mol. The van der Waals surface area contributed by atoms with Crippen LogP contribution in [0.4, 0.5) is 17.3 Å². The number of aromatic nitrogens is 4. The molecule has 1 aromatic carbocycles. The monoisotopic (exact) mass is 507 g/mol. The molecule has 11 heteroatoms. The molecule has 0 spiro atoms. The summed E-state index contributed by atoms with van der Waals surface area (Å²) in [4.78, 5) is 29.2. The Bertz CT molecular complexity index is 1420. The number of methoxy groups -OCH3 is 2. The normalized spacial score (nSPS) is 13.7. The van der Waals surface area contributed by atoms with Crippen molar-refractivity contribution in [1.29, 1.82) is 0 Å². The molecule has 0 saturated carbocycles. The number of hydrogen-bond acceptors (Lipinski definition) is 8. The zero-order chi connectivity index (χ0) is 25.2. The van der Waals surface area contributed by atoms with Crippen LogP contribution in [0.15, 0.2) is 48.9 Å². The van der Waals surface area contributed by atoms with Crippen molar-refractivity contribution in [3.63, 3.8) is 0 Å². The van der Waals surface area contributed by atoms with Crippen LogP contribution in [-0.4, -0.2) is 70.6 Å². The Hall–Kier alpha value is -4.05. The maximum absolute atomic E-state index is 11.7. The van der Waals surface area contributed by atoms with Gasteiger partial charge in [-0.3, -0.25) is 9.20 Å². The van der Waals surface area contributed by atoms with E-state index in [1.165, 1.54) is 0 Å². The lowest BCUT2D eigenvalue weighted by atomic mass is 10.2. The first-order valence-electron chi connectivity index (χ1n) is 11.5. The van der Waals surface area contributed by atoms with Crippen LogP contribution in [0.1, 0.15) is 6.92 Å². The molecule has 0 atom stereocenters. The average molecular weight is 508 g/mol. The lowest BCUT2D eigenvalue weighted by Crippen LogP contribution is -2.48. The lowest BCUT2D eigenvalue weighted by Gasteiger charge is -2.36. The van der Waals surface area contributed by atoms with Crippen LogP contribution in [0.3, 0.4) is 0 Å². The van der Waals surface area contributed by atoms with E-state index in [0.717, 1.165) is 17.0 Å². The summed E-state index contributed by atoms with van der Waals surface area (Å²) < 4.78 is 13.4. The molecule has 1 aliphatic heterocycles. The zero-order valence-electron chi connectivity index (χ0n) is 20.2. The van der Waals surface area contributed by atoms with E-state index in [4.69, 9.17) is 21.1 Å². The third-order valence-electron chi connectivity index (χ3n) is 6.22. The number of carbonyl (C=O) groups is 1. The second-order valence-corrected chi connectivity index (χ2v) is 8.69. The summed E-state index contributed by atoms with van der Waals surface area (Å²) in [6.07, 6.45) is 5.20. The first-order valence-corrected chi connectivity index (χ1v) is 11.9. The number of halogens is 1. The standard InChI is InChI=1S/C25H26ClN7O3/c1-16(34)31-10-12-32(13-11-31)19-8-7-18(23(35-2)24(19)36-3)29-25-28-14-17(26)22(30-25)20-15-27-21-6-4-5-9-33(20)21/h4-9,14-15H,10-13H2,1-3H3,(H,28,29,30). The van der Waals surface area contributed by atoms with Crippen molar-refractivity contribution >= 4 is 40.5 Å². The lowest BCUT2D eigenvalue weighted by molar-refractivity contribution is -0.129. The van der Waals surface area contributed by atoms with Gasteiger partial charge in [0.15, 0.2) is 11.5 Å². The van der Waals surface area contributed by atoms with Gasteiger partial charge in [-0.25, -0.2) is 15.0 Å². The van der Waals surface area contributed by atoms with E-state index in [0.29, 0.717) is 60.0 Å². The molecular formula is C25H26ClN7O3. The van der Waals surface area contributed by atoms with E-state index in [9.17, 15) is 4.79 Å². The van der Waals surface area contributed by atoms with Gasteiger partial charge in [0.25, 0.3) is 0 Å². The average Bonchev–Trinajstić information content (AvgIpc) is 3.33. The van der Waals surface area contributed by atoms with Gasteiger partial charge in [0.1, 0.15) is 11.3 Å². The third kappa shape index (κ3) is 4.35. The SMILES string of the molecule is COc1c(Nc2ncc(Cl)c(-c3cnc4ccccn34)n2)ccc(N2CCN(C(C)=O)CC2)c1OC. The smallest absolute Gasteiger partial charge is 0.227 e. The summed E-state index contributed by atoms with van der Waals surface area (Å²) in [7, 11) is 3.20. The van der Waals surface area contributed by atoms with Gasteiger partial charge in [0.2, 0.25) is 11.9 Å². The Labute approximate surface area is 213 Å². The number of carbonyl (C=O) groups excluding carboxylic acids is 1.